The average molecular weight is 405 g/mol. The maximum Gasteiger partial charge on any atom is 0.250 e. The summed E-state index contributed by atoms with van der Waals surface area (Å²) in [6.45, 7) is 11.5. The molecular weight excluding hydrogens is 382 g/mol. The summed E-state index contributed by atoms with van der Waals surface area (Å²) in [5.74, 6) is 0.836. The minimum Gasteiger partial charge on any atom is -0.494 e. The van der Waals surface area contributed by atoms with Gasteiger partial charge in [0.2, 0.25) is 0 Å². The predicted octanol–water partition coefficient (Wildman–Crippen LogP) is 5.07. The molecule has 0 radical (unpaired) electrons. The Kier molecular flexibility index (Phi) is 5.43. The van der Waals surface area contributed by atoms with Crippen LogP contribution in [0.2, 0.25) is 0 Å². The third kappa shape index (κ3) is 3.67. The van der Waals surface area contributed by atoms with Crippen molar-refractivity contribution in [2.75, 3.05) is 12.8 Å². The summed E-state index contributed by atoms with van der Waals surface area (Å²) >= 11 is 0. The van der Waals surface area contributed by atoms with Crippen LogP contribution >= 0.6 is 0 Å². The summed E-state index contributed by atoms with van der Waals surface area (Å²) in [7, 11) is 1.57. The number of hydrogen-bond acceptors (Lipinski definition) is 8. The zero-order chi connectivity index (χ0) is 22.1. The average Bonchev–Trinajstić information content (AvgIpc) is 3.26. The van der Waals surface area contributed by atoms with Crippen LogP contribution in [0.25, 0.3) is 11.3 Å². The van der Waals surface area contributed by atoms with Crippen molar-refractivity contribution in [2.45, 2.75) is 33.1 Å². The third-order valence-corrected chi connectivity index (χ3v) is 4.34. The van der Waals surface area contributed by atoms with Gasteiger partial charge in [-0.1, -0.05) is 44.6 Å². The normalized spacial score (nSPS) is 11.6. The number of anilines is 1. The van der Waals surface area contributed by atoms with E-state index in [0.29, 0.717) is 34.0 Å². The first-order valence-electron chi connectivity index (χ1n) is 9.18. The monoisotopic (exact) mass is 405 g/mol. The number of aromatic nitrogens is 3. The van der Waals surface area contributed by atoms with Crippen molar-refractivity contribution in [3.63, 3.8) is 0 Å². The van der Waals surface area contributed by atoms with E-state index in [4.69, 9.17) is 15.0 Å². The minimum atomic E-state index is -0.401. The van der Waals surface area contributed by atoms with E-state index in [9.17, 15) is 5.26 Å². The van der Waals surface area contributed by atoms with Gasteiger partial charge in [-0.2, -0.15) is 10.4 Å². The largest absolute Gasteiger partial charge is 0.494 e. The van der Waals surface area contributed by atoms with Crippen LogP contribution in [0.3, 0.4) is 0 Å². The number of hydrogen-bond donors (Lipinski definition) is 1. The molecular formula is C21H23N7O2. The maximum atomic E-state index is 9.90. The molecule has 2 heterocycles. The van der Waals surface area contributed by atoms with Crippen molar-refractivity contribution in [3.8, 4) is 17.5 Å². The Hall–Kier alpha value is -3.93. The van der Waals surface area contributed by atoms with Crippen LogP contribution in [0, 0.1) is 11.3 Å². The van der Waals surface area contributed by atoms with Gasteiger partial charge in [0.05, 0.1) is 12.8 Å². The highest BCUT2D eigenvalue weighted by atomic mass is 16.5. The molecule has 154 valence electrons. The standard InChI is InChI=1S/C21H23N7O2/c1-12(2)16-17(19(23)30-27-16)24-25-20-13(11-22)18(21(3,4)5)26-28(20)14-9-7-8-10-15(14)29-6/h7-10H,1,23H2,2-6H3. The molecule has 0 atom stereocenters. The fourth-order valence-corrected chi connectivity index (χ4v) is 2.87. The number of ether oxygens (including phenoxy) is 1. The molecule has 0 saturated heterocycles. The maximum absolute atomic E-state index is 9.90. The van der Waals surface area contributed by atoms with E-state index in [-0.39, 0.29) is 17.4 Å². The van der Waals surface area contributed by atoms with Crippen molar-refractivity contribution in [2.24, 2.45) is 10.2 Å². The Morgan fingerprint density at radius 3 is 2.60 bits per heavy atom. The SMILES string of the molecule is C=C(C)c1noc(N)c1N=Nc1c(C#N)c(C(C)(C)C)nn1-c1ccccc1OC. The lowest BCUT2D eigenvalue weighted by molar-refractivity contribution is 0.411. The highest BCUT2D eigenvalue weighted by Crippen LogP contribution is 2.38. The van der Waals surface area contributed by atoms with Crippen LogP contribution < -0.4 is 10.5 Å². The molecule has 0 aliphatic carbocycles. The van der Waals surface area contributed by atoms with Crippen LogP contribution in [-0.4, -0.2) is 22.0 Å². The molecule has 0 fully saturated rings. The number of nitrogens with zero attached hydrogens (tertiary/aromatic N) is 6. The lowest BCUT2D eigenvalue weighted by Gasteiger charge is -2.15. The van der Waals surface area contributed by atoms with Crippen LogP contribution in [0.5, 0.6) is 5.75 Å². The van der Waals surface area contributed by atoms with Gasteiger partial charge in [-0.25, -0.2) is 4.68 Å². The second-order valence-corrected chi connectivity index (χ2v) is 7.72. The van der Waals surface area contributed by atoms with Crippen LogP contribution in [0.15, 0.2) is 45.6 Å². The zero-order valence-corrected chi connectivity index (χ0v) is 17.6. The molecule has 0 spiro atoms. The van der Waals surface area contributed by atoms with E-state index in [1.807, 2.05) is 39.0 Å². The fourth-order valence-electron chi connectivity index (χ4n) is 2.87. The van der Waals surface area contributed by atoms with E-state index in [0.717, 1.165) is 0 Å². The molecule has 0 aliphatic heterocycles. The molecule has 1 aromatic carbocycles. The van der Waals surface area contributed by atoms with Crippen molar-refractivity contribution in [1.82, 2.24) is 14.9 Å². The van der Waals surface area contributed by atoms with E-state index in [1.54, 1.807) is 24.8 Å². The molecule has 2 N–H and O–H groups in total. The van der Waals surface area contributed by atoms with Crippen LogP contribution in [-0.2, 0) is 5.41 Å². The molecule has 30 heavy (non-hydrogen) atoms. The molecule has 0 bridgehead atoms. The van der Waals surface area contributed by atoms with Gasteiger partial charge in [0.25, 0.3) is 5.88 Å². The number of allylic oxidation sites excluding steroid dienone is 1. The summed E-state index contributed by atoms with van der Waals surface area (Å²) in [5, 5.41) is 27.0. The van der Waals surface area contributed by atoms with Gasteiger partial charge in [-0.05, 0) is 24.6 Å². The number of nitrogens with two attached hydrogens (primary N) is 1. The van der Waals surface area contributed by atoms with E-state index < -0.39 is 5.41 Å². The Labute approximate surface area is 174 Å². The first-order valence-corrected chi connectivity index (χ1v) is 9.18. The molecule has 3 rings (SSSR count). The lowest BCUT2D eigenvalue weighted by Crippen LogP contribution is -2.14. The van der Waals surface area contributed by atoms with Gasteiger partial charge in [-0.3, -0.25) is 0 Å². The number of nitrogen functional groups attached to an aromatic ring is 1. The van der Waals surface area contributed by atoms with Gasteiger partial charge in [0.1, 0.15) is 28.8 Å². The second-order valence-electron chi connectivity index (χ2n) is 7.72. The van der Waals surface area contributed by atoms with Crippen LogP contribution in [0.4, 0.5) is 17.4 Å². The molecule has 9 nitrogen and oxygen atoms in total. The Morgan fingerprint density at radius 1 is 1.30 bits per heavy atom. The quantitative estimate of drug-likeness (QED) is 0.590. The Morgan fingerprint density at radius 2 is 2.00 bits per heavy atom. The molecule has 9 heteroatoms. The van der Waals surface area contributed by atoms with Gasteiger partial charge >= 0.3 is 0 Å². The zero-order valence-electron chi connectivity index (χ0n) is 17.6. The topological polar surface area (TPSA) is 128 Å². The van der Waals surface area contributed by atoms with E-state index in [1.165, 1.54) is 0 Å². The number of methoxy groups -OCH3 is 1. The number of nitriles is 1. The summed E-state index contributed by atoms with van der Waals surface area (Å²) < 4.78 is 12.0. The molecule has 0 unspecified atom stereocenters. The Bertz CT molecular complexity index is 1170. The van der Waals surface area contributed by atoms with Crippen LogP contribution in [0.1, 0.15) is 44.6 Å². The molecule has 2 aromatic heterocycles. The highest BCUT2D eigenvalue weighted by molar-refractivity contribution is 5.74. The molecule has 0 saturated carbocycles. The predicted molar refractivity (Wildman–Crippen MR) is 113 cm³/mol. The molecule has 0 aliphatic rings. The third-order valence-electron chi connectivity index (χ3n) is 4.34. The van der Waals surface area contributed by atoms with E-state index >= 15 is 0 Å². The summed E-state index contributed by atoms with van der Waals surface area (Å²) in [4.78, 5) is 0. The highest BCUT2D eigenvalue weighted by Gasteiger charge is 2.29. The Balaban J connectivity index is 2.28. The number of rotatable bonds is 5. The van der Waals surface area contributed by atoms with Crippen molar-refractivity contribution in [3.05, 3.63) is 47.8 Å². The second kappa shape index (κ2) is 7.83. The van der Waals surface area contributed by atoms with Gasteiger partial charge in [0, 0.05) is 5.41 Å². The summed E-state index contributed by atoms with van der Waals surface area (Å²) in [6.07, 6.45) is 0. The number of azo groups is 1. The van der Waals surface area contributed by atoms with Crippen molar-refractivity contribution in [1.29, 1.82) is 5.26 Å². The molecule has 0 amide bonds. The van der Waals surface area contributed by atoms with Gasteiger partial charge in [0.15, 0.2) is 11.5 Å². The van der Waals surface area contributed by atoms with Gasteiger partial charge in [-0.15, -0.1) is 10.2 Å². The van der Waals surface area contributed by atoms with Crippen molar-refractivity contribution >= 4 is 23.0 Å². The molecule has 3 aromatic rings. The summed E-state index contributed by atoms with van der Waals surface area (Å²) in [5.41, 5.74) is 8.24. The first-order chi connectivity index (χ1) is 14.2. The first kappa shape index (κ1) is 20.8. The number of para-hydroxylation sites is 2. The minimum absolute atomic E-state index is 0.00894. The lowest BCUT2D eigenvalue weighted by atomic mass is 9.90. The smallest absolute Gasteiger partial charge is 0.250 e. The fraction of sp³-hybridized carbons (Fsp3) is 0.286. The summed E-state index contributed by atoms with van der Waals surface area (Å²) in [6, 6.07) is 9.54. The van der Waals surface area contributed by atoms with Crippen molar-refractivity contribution < 1.29 is 9.26 Å². The number of benzene rings is 1. The van der Waals surface area contributed by atoms with Gasteiger partial charge < -0.3 is 15.0 Å². The van der Waals surface area contributed by atoms with E-state index in [2.05, 4.69) is 33.1 Å².